The number of likely N-dealkylation sites (tertiary alicyclic amines) is 1. The number of nitrogens with zero attached hydrogens (tertiary/aromatic N) is 3. The molecule has 25 heavy (non-hydrogen) atoms. The second-order valence-electron chi connectivity index (χ2n) is 6.22. The maximum atomic E-state index is 12.5. The predicted octanol–water partition coefficient (Wildman–Crippen LogP) is 2.42. The molecule has 1 atom stereocenters. The van der Waals surface area contributed by atoms with E-state index in [-0.39, 0.29) is 28.9 Å². The van der Waals surface area contributed by atoms with Crippen LogP contribution in [0.3, 0.4) is 0 Å². The first-order valence-corrected chi connectivity index (χ1v) is 10.8. The van der Waals surface area contributed by atoms with Gasteiger partial charge in [-0.1, -0.05) is 18.2 Å². The fraction of sp³-hybridized carbons (Fsp3) is 0.471. The van der Waals surface area contributed by atoms with Gasteiger partial charge >= 0.3 is 0 Å². The number of hydrogen-bond donors (Lipinski definition) is 0. The first-order chi connectivity index (χ1) is 12.0. The SMILES string of the molecule is Cc1nnc([C@@H]2CCCN(C(=O)CCS(=O)(=O)c3ccccc3)C2)s1. The maximum absolute atomic E-state index is 12.5. The zero-order valence-corrected chi connectivity index (χ0v) is 15.7. The number of amides is 1. The Bertz CT molecular complexity index is 834. The third-order valence-corrected chi connectivity index (χ3v) is 7.09. The number of benzene rings is 1. The van der Waals surface area contributed by atoms with Gasteiger partial charge in [0.15, 0.2) is 9.84 Å². The van der Waals surface area contributed by atoms with Crippen molar-refractivity contribution in [2.75, 3.05) is 18.8 Å². The fourth-order valence-corrected chi connectivity index (χ4v) is 5.08. The average molecular weight is 380 g/mol. The van der Waals surface area contributed by atoms with E-state index in [4.69, 9.17) is 0 Å². The minimum atomic E-state index is -3.42. The highest BCUT2D eigenvalue weighted by atomic mass is 32.2. The van der Waals surface area contributed by atoms with Gasteiger partial charge in [-0.15, -0.1) is 21.5 Å². The Morgan fingerprint density at radius 1 is 1.28 bits per heavy atom. The third-order valence-electron chi connectivity index (χ3n) is 4.35. The number of sulfone groups is 1. The van der Waals surface area contributed by atoms with E-state index in [1.165, 1.54) is 0 Å². The Morgan fingerprint density at radius 3 is 2.72 bits per heavy atom. The minimum Gasteiger partial charge on any atom is -0.342 e. The van der Waals surface area contributed by atoms with Gasteiger partial charge in [-0.3, -0.25) is 4.79 Å². The lowest BCUT2D eigenvalue weighted by Gasteiger charge is -2.31. The van der Waals surface area contributed by atoms with Gasteiger partial charge in [-0.2, -0.15) is 0 Å². The molecule has 1 aliphatic rings. The molecule has 0 N–H and O–H groups in total. The average Bonchev–Trinajstić information content (AvgIpc) is 3.07. The van der Waals surface area contributed by atoms with Crippen LogP contribution in [-0.2, 0) is 14.6 Å². The number of rotatable bonds is 5. The molecule has 0 bridgehead atoms. The molecule has 8 heteroatoms. The summed E-state index contributed by atoms with van der Waals surface area (Å²) in [6, 6.07) is 8.28. The summed E-state index contributed by atoms with van der Waals surface area (Å²) in [4.78, 5) is 14.5. The van der Waals surface area contributed by atoms with Crippen molar-refractivity contribution in [1.82, 2.24) is 15.1 Å². The van der Waals surface area contributed by atoms with Crippen molar-refractivity contribution in [3.05, 3.63) is 40.3 Å². The molecule has 3 rings (SSSR count). The molecule has 2 aromatic rings. The van der Waals surface area contributed by atoms with Crippen LogP contribution in [0.25, 0.3) is 0 Å². The topological polar surface area (TPSA) is 80.2 Å². The Morgan fingerprint density at radius 2 is 2.04 bits per heavy atom. The third kappa shape index (κ3) is 4.43. The number of carbonyl (C=O) groups is 1. The number of carbonyl (C=O) groups excluding carboxylic acids is 1. The molecule has 0 unspecified atom stereocenters. The highest BCUT2D eigenvalue weighted by Gasteiger charge is 2.27. The highest BCUT2D eigenvalue weighted by molar-refractivity contribution is 7.91. The van der Waals surface area contributed by atoms with Gasteiger partial charge in [0.1, 0.15) is 10.0 Å². The lowest BCUT2D eigenvalue weighted by Crippen LogP contribution is -2.39. The molecule has 1 saturated heterocycles. The van der Waals surface area contributed by atoms with E-state index in [0.29, 0.717) is 13.1 Å². The number of aromatic nitrogens is 2. The number of aryl methyl sites for hydroxylation is 1. The van der Waals surface area contributed by atoms with Crippen LogP contribution < -0.4 is 0 Å². The molecular weight excluding hydrogens is 358 g/mol. The lowest BCUT2D eigenvalue weighted by atomic mass is 9.98. The Labute approximate surface area is 151 Å². The standard InChI is InChI=1S/C17H21N3O3S2/c1-13-18-19-17(24-13)14-6-5-10-20(12-14)16(21)9-11-25(22,23)15-7-3-2-4-8-15/h2-4,7-8,14H,5-6,9-12H2,1H3/t14-/m1/s1. The lowest BCUT2D eigenvalue weighted by molar-refractivity contribution is -0.132. The van der Waals surface area contributed by atoms with E-state index >= 15 is 0 Å². The van der Waals surface area contributed by atoms with E-state index in [1.54, 1.807) is 46.6 Å². The molecule has 1 amide bonds. The molecule has 6 nitrogen and oxygen atoms in total. The van der Waals surface area contributed by atoms with Crippen molar-refractivity contribution in [3.63, 3.8) is 0 Å². The van der Waals surface area contributed by atoms with Crippen LogP contribution in [0, 0.1) is 6.92 Å². The highest BCUT2D eigenvalue weighted by Crippen LogP contribution is 2.29. The van der Waals surface area contributed by atoms with Gasteiger partial charge in [0.25, 0.3) is 0 Å². The van der Waals surface area contributed by atoms with Gasteiger partial charge in [-0.05, 0) is 31.9 Å². The van der Waals surface area contributed by atoms with Crippen LogP contribution >= 0.6 is 11.3 Å². The molecule has 0 radical (unpaired) electrons. The number of hydrogen-bond acceptors (Lipinski definition) is 6. The Balaban J connectivity index is 1.59. The monoisotopic (exact) mass is 379 g/mol. The molecule has 134 valence electrons. The molecular formula is C17H21N3O3S2. The van der Waals surface area contributed by atoms with Gasteiger partial charge in [0, 0.05) is 25.4 Å². The molecule has 0 spiro atoms. The van der Waals surface area contributed by atoms with Crippen LogP contribution in [0.2, 0.25) is 0 Å². The second kappa shape index (κ2) is 7.61. The van der Waals surface area contributed by atoms with Crippen LogP contribution in [0.15, 0.2) is 35.2 Å². The van der Waals surface area contributed by atoms with E-state index in [2.05, 4.69) is 10.2 Å². The van der Waals surface area contributed by atoms with E-state index in [9.17, 15) is 13.2 Å². The second-order valence-corrected chi connectivity index (χ2v) is 9.54. The van der Waals surface area contributed by atoms with Gasteiger partial charge in [0.05, 0.1) is 10.6 Å². The van der Waals surface area contributed by atoms with E-state index in [0.717, 1.165) is 22.9 Å². The smallest absolute Gasteiger partial charge is 0.223 e. The molecule has 1 aliphatic heterocycles. The minimum absolute atomic E-state index is 0.0130. The van der Waals surface area contributed by atoms with Gasteiger partial charge in [0.2, 0.25) is 5.91 Å². The molecule has 1 aromatic heterocycles. The summed E-state index contributed by atoms with van der Waals surface area (Å²) in [5.41, 5.74) is 0. The molecule has 2 heterocycles. The summed E-state index contributed by atoms with van der Waals surface area (Å²) >= 11 is 1.57. The molecule has 1 fully saturated rings. The van der Waals surface area contributed by atoms with Crippen molar-refractivity contribution in [2.45, 2.75) is 37.0 Å². The van der Waals surface area contributed by atoms with E-state index < -0.39 is 9.84 Å². The van der Waals surface area contributed by atoms with Crippen LogP contribution in [0.4, 0.5) is 0 Å². The zero-order valence-electron chi connectivity index (χ0n) is 14.1. The van der Waals surface area contributed by atoms with Gasteiger partial charge in [-0.25, -0.2) is 8.42 Å². The normalized spacial score (nSPS) is 18.3. The summed E-state index contributed by atoms with van der Waals surface area (Å²) in [7, 11) is -3.42. The first kappa shape index (κ1) is 18.0. The maximum Gasteiger partial charge on any atom is 0.223 e. The van der Waals surface area contributed by atoms with Crippen molar-refractivity contribution in [2.24, 2.45) is 0 Å². The zero-order chi connectivity index (χ0) is 17.9. The predicted molar refractivity (Wildman–Crippen MR) is 96.3 cm³/mol. The molecule has 1 aromatic carbocycles. The van der Waals surface area contributed by atoms with Crippen LogP contribution in [0.5, 0.6) is 0 Å². The fourth-order valence-electron chi connectivity index (χ4n) is 3.01. The largest absolute Gasteiger partial charge is 0.342 e. The van der Waals surface area contributed by atoms with Crippen LogP contribution in [-0.4, -0.2) is 48.3 Å². The Hall–Kier alpha value is -1.80. The first-order valence-electron chi connectivity index (χ1n) is 8.31. The molecule has 0 saturated carbocycles. The van der Waals surface area contributed by atoms with Gasteiger partial charge < -0.3 is 4.90 Å². The number of piperidine rings is 1. The van der Waals surface area contributed by atoms with Crippen molar-refractivity contribution in [1.29, 1.82) is 0 Å². The van der Waals surface area contributed by atoms with Crippen molar-refractivity contribution < 1.29 is 13.2 Å². The van der Waals surface area contributed by atoms with Crippen molar-refractivity contribution in [3.8, 4) is 0 Å². The summed E-state index contributed by atoms with van der Waals surface area (Å²) in [6.07, 6.45) is 1.90. The summed E-state index contributed by atoms with van der Waals surface area (Å²) < 4.78 is 24.6. The molecule has 0 aliphatic carbocycles. The summed E-state index contributed by atoms with van der Waals surface area (Å²) in [5.74, 6) is -0.0605. The summed E-state index contributed by atoms with van der Waals surface area (Å²) in [5, 5.41) is 10.1. The Kier molecular flexibility index (Phi) is 5.48. The van der Waals surface area contributed by atoms with E-state index in [1.807, 2.05) is 6.92 Å². The quantitative estimate of drug-likeness (QED) is 0.797. The van der Waals surface area contributed by atoms with Crippen molar-refractivity contribution >= 4 is 27.1 Å². The summed E-state index contributed by atoms with van der Waals surface area (Å²) in [6.45, 7) is 3.19. The van der Waals surface area contributed by atoms with Crippen LogP contribution in [0.1, 0.15) is 35.2 Å².